The number of fused-ring (bicyclic) bond motifs is 1. The van der Waals surface area contributed by atoms with Gasteiger partial charge in [0.1, 0.15) is 5.52 Å². The van der Waals surface area contributed by atoms with Crippen LogP contribution in [-0.2, 0) is 0 Å². The third-order valence-corrected chi connectivity index (χ3v) is 7.39. The molecule has 1 fully saturated rings. The molecule has 3 unspecified atom stereocenters. The quantitative estimate of drug-likeness (QED) is 0.471. The molecule has 8 heteroatoms. The van der Waals surface area contributed by atoms with E-state index in [1.165, 1.54) is 5.56 Å². The Balaban J connectivity index is 1.50. The van der Waals surface area contributed by atoms with Crippen LogP contribution >= 0.6 is 22.7 Å². The third kappa shape index (κ3) is 3.75. The number of thiazole rings is 2. The topological polar surface area (TPSA) is 89.6 Å². The molecule has 0 amide bonds. The van der Waals surface area contributed by atoms with Gasteiger partial charge in [0, 0.05) is 30.0 Å². The Morgan fingerprint density at radius 2 is 2.00 bits per heavy atom. The molecule has 148 valence electrons. The van der Waals surface area contributed by atoms with Crippen LogP contribution in [0, 0.1) is 5.92 Å². The molecule has 1 aliphatic rings. The molecule has 0 spiro atoms. The second kappa shape index (κ2) is 7.78. The maximum absolute atomic E-state index is 6.32. The number of hydrogen-bond acceptors (Lipinski definition) is 8. The number of nitrogens with two attached hydrogens (primary N) is 1. The smallest absolute Gasteiger partial charge is 0.157 e. The van der Waals surface area contributed by atoms with Gasteiger partial charge >= 0.3 is 0 Å². The average Bonchev–Trinajstić information content (AvgIpc) is 3.38. The van der Waals surface area contributed by atoms with Crippen molar-refractivity contribution in [3.63, 3.8) is 0 Å². The molecule has 1 saturated carbocycles. The summed E-state index contributed by atoms with van der Waals surface area (Å²) in [5, 5.41) is 7.34. The summed E-state index contributed by atoms with van der Waals surface area (Å²) in [4.78, 5) is 18.1. The molecule has 1 aliphatic carbocycles. The molecule has 0 radical (unpaired) electrons. The summed E-state index contributed by atoms with van der Waals surface area (Å²) in [6, 6.07) is 4.37. The molecule has 0 saturated heterocycles. The standard InChI is InChI=1S/C21H22N6S2/c1-12-8-13(10-14(22)9-12)15-2-4-23-11-16(15)26-19-18-17(3-5-24-19)29-21(27-18)20-25-6-7-28-20/h2-7,11-14H,8-10,22H2,1H3,(H,24,26). The van der Waals surface area contributed by atoms with Crippen molar-refractivity contribution in [3.8, 4) is 10.0 Å². The minimum Gasteiger partial charge on any atom is -0.337 e. The van der Waals surface area contributed by atoms with E-state index < -0.39 is 0 Å². The van der Waals surface area contributed by atoms with Crippen molar-refractivity contribution in [3.05, 3.63) is 47.9 Å². The fourth-order valence-electron chi connectivity index (χ4n) is 4.27. The summed E-state index contributed by atoms with van der Waals surface area (Å²) >= 11 is 3.23. The Morgan fingerprint density at radius 1 is 1.07 bits per heavy atom. The monoisotopic (exact) mass is 422 g/mol. The lowest BCUT2D eigenvalue weighted by Gasteiger charge is -2.32. The van der Waals surface area contributed by atoms with Crippen LogP contribution in [0.4, 0.5) is 11.5 Å². The van der Waals surface area contributed by atoms with E-state index in [0.717, 1.165) is 51.0 Å². The summed E-state index contributed by atoms with van der Waals surface area (Å²) in [6.45, 7) is 2.29. The second-order valence-electron chi connectivity index (χ2n) is 7.72. The van der Waals surface area contributed by atoms with Crippen molar-refractivity contribution in [1.82, 2.24) is 19.9 Å². The summed E-state index contributed by atoms with van der Waals surface area (Å²) in [5.74, 6) is 1.81. The van der Waals surface area contributed by atoms with E-state index in [9.17, 15) is 0 Å². The van der Waals surface area contributed by atoms with Crippen LogP contribution in [-0.4, -0.2) is 26.0 Å². The van der Waals surface area contributed by atoms with Crippen LogP contribution < -0.4 is 11.1 Å². The van der Waals surface area contributed by atoms with Crippen molar-refractivity contribution >= 4 is 44.4 Å². The zero-order valence-electron chi connectivity index (χ0n) is 16.1. The van der Waals surface area contributed by atoms with Gasteiger partial charge < -0.3 is 11.1 Å². The van der Waals surface area contributed by atoms with Gasteiger partial charge in [-0.1, -0.05) is 6.92 Å². The van der Waals surface area contributed by atoms with Crippen LogP contribution in [0.2, 0.25) is 0 Å². The van der Waals surface area contributed by atoms with Crippen LogP contribution in [0.1, 0.15) is 37.7 Å². The Hall–Kier alpha value is -2.42. The molecule has 3 atom stereocenters. The van der Waals surface area contributed by atoms with Gasteiger partial charge in [-0.15, -0.1) is 22.7 Å². The molecule has 4 aromatic heterocycles. The molecular formula is C21H22N6S2. The van der Waals surface area contributed by atoms with Gasteiger partial charge in [-0.05, 0) is 48.8 Å². The van der Waals surface area contributed by atoms with Gasteiger partial charge in [-0.3, -0.25) is 4.98 Å². The van der Waals surface area contributed by atoms with Gasteiger partial charge in [0.05, 0.1) is 16.6 Å². The third-order valence-electron chi connectivity index (χ3n) is 5.45. The van der Waals surface area contributed by atoms with E-state index in [-0.39, 0.29) is 6.04 Å². The Kier molecular flexibility index (Phi) is 4.99. The molecule has 0 aromatic carbocycles. The van der Waals surface area contributed by atoms with Crippen molar-refractivity contribution in [1.29, 1.82) is 0 Å². The number of nitrogens with one attached hydrogen (secondary N) is 1. The maximum Gasteiger partial charge on any atom is 0.157 e. The lowest BCUT2D eigenvalue weighted by atomic mass is 9.76. The summed E-state index contributed by atoms with van der Waals surface area (Å²) in [6.07, 6.45) is 10.6. The first-order valence-corrected chi connectivity index (χ1v) is 11.5. The SMILES string of the molecule is CC1CC(N)CC(c2ccncc2Nc2nccc3sc(-c4nccs4)nc23)C1. The summed E-state index contributed by atoms with van der Waals surface area (Å²) in [7, 11) is 0. The maximum atomic E-state index is 6.32. The summed E-state index contributed by atoms with van der Waals surface area (Å²) in [5.41, 5.74) is 9.43. The number of pyridine rings is 2. The molecule has 5 rings (SSSR count). The van der Waals surface area contributed by atoms with E-state index in [1.807, 2.05) is 30.0 Å². The van der Waals surface area contributed by atoms with Gasteiger partial charge in [0.2, 0.25) is 0 Å². The van der Waals surface area contributed by atoms with Crippen LogP contribution in [0.15, 0.2) is 42.3 Å². The van der Waals surface area contributed by atoms with Crippen LogP contribution in [0.3, 0.4) is 0 Å². The normalized spacial score (nSPS) is 22.1. The Bertz CT molecular complexity index is 1110. The van der Waals surface area contributed by atoms with E-state index in [0.29, 0.717) is 11.8 Å². The Morgan fingerprint density at radius 3 is 2.83 bits per heavy atom. The Labute approximate surface area is 177 Å². The van der Waals surface area contributed by atoms with Gasteiger partial charge in [-0.2, -0.15) is 0 Å². The highest BCUT2D eigenvalue weighted by Gasteiger charge is 2.27. The second-order valence-corrected chi connectivity index (χ2v) is 9.64. The molecule has 29 heavy (non-hydrogen) atoms. The highest BCUT2D eigenvalue weighted by atomic mass is 32.1. The lowest BCUT2D eigenvalue weighted by Crippen LogP contribution is -2.31. The fourth-order valence-corrected chi connectivity index (χ4v) is 5.91. The van der Waals surface area contributed by atoms with E-state index in [4.69, 9.17) is 10.7 Å². The van der Waals surface area contributed by atoms with Gasteiger partial charge in [0.25, 0.3) is 0 Å². The van der Waals surface area contributed by atoms with Gasteiger partial charge in [-0.25, -0.2) is 15.0 Å². The van der Waals surface area contributed by atoms with Crippen molar-refractivity contribution < 1.29 is 0 Å². The van der Waals surface area contributed by atoms with Gasteiger partial charge in [0.15, 0.2) is 15.8 Å². The molecule has 4 heterocycles. The number of nitrogens with zero attached hydrogens (tertiary/aromatic N) is 4. The first-order chi connectivity index (χ1) is 14.2. The number of anilines is 2. The minimum absolute atomic E-state index is 0.255. The summed E-state index contributed by atoms with van der Waals surface area (Å²) < 4.78 is 1.09. The molecule has 0 aliphatic heterocycles. The zero-order valence-corrected chi connectivity index (χ0v) is 17.7. The molecular weight excluding hydrogens is 400 g/mol. The van der Waals surface area contributed by atoms with Crippen molar-refractivity contribution in [2.75, 3.05) is 5.32 Å². The average molecular weight is 423 g/mol. The molecule has 4 aromatic rings. The predicted octanol–water partition coefficient (Wildman–Crippen LogP) is 5.18. The molecule has 0 bridgehead atoms. The number of aromatic nitrogens is 4. The van der Waals surface area contributed by atoms with E-state index >= 15 is 0 Å². The molecule has 6 nitrogen and oxygen atoms in total. The first-order valence-electron chi connectivity index (χ1n) is 9.79. The molecule has 3 N–H and O–H groups in total. The van der Waals surface area contributed by atoms with Crippen molar-refractivity contribution in [2.45, 2.75) is 38.1 Å². The fraction of sp³-hybridized carbons (Fsp3) is 0.333. The number of rotatable bonds is 4. The van der Waals surface area contributed by atoms with Crippen LogP contribution in [0.25, 0.3) is 20.2 Å². The van der Waals surface area contributed by atoms with Crippen LogP contribution in [0.5, 0.6) is 0 Å². The van der Waals surface area contributed by atoms with E-state index in [1.54, 1.807) is 28.9 Å². The predicted molar refractivity (Wildman–Crippen MR) is 120 cm³/mol. The number of hydrogen-bond donors (Lipinski definition) is 2. The van der Waals surface area contributed by atoms with Crippen molar-refractivity contribution in [2.24, 2.45) is 11.7 Å². The van der Waals surface area contributed by atoms with E-state index in [2.05, 4.69) is 33.3 Å². The highest BCUT2D eigenvalue weighted by molar-refractivity contribution is 7.25. The minimum atomic E-state index is 0.255. The zero-order chi connectivity index (χ0) is 19.8. The lowest BCUT2D eigenvalue weighted by molar-refractivity contribution is 0.308. The first kappa shape index (κ1) is 18.6. The largest absolute Gasteiger partial charge is 0.337 e. The highest BCUT2D eigenvalue weighted by Crippen LogP contribution is 2.40.